The fraction of sp³-hybridized carbons (Fsp3) is 0.333. The standard InChI is InChI=1S/C15H17Cl2N3O3/c1-22-7-8-23-10-14(21)19-13-5-6-18-20(13)9-11-3-2-4-12(16)15(11)17/h2-6H,7-10H2,1H3,(H,19,21). The Morgan fingerprint density at radius 1 is 1.30 bits per heavy atom. The normalized spacial score (nSPS) is 10.7. The molecule has 6 nitrogen and oxygen atoms in total. The molecule has 124 valence electrons. The smallest absolute Gasteiger partial charge is 0.251 e. The Morgan fingerprint density at radius 3 is 2.91 bits per heavy atom. The topological polar surface area (TPSA) is 65.4 Å². The summed E-state index contributed by atoms with van der Waals surface area (Å²) in [4.78, 5) is 11.8. The number of hydrogen-bond acceptors (Lipinski definition) is 4. The molecule has 1 N–H and O–H groups in total. The maximum absolute atomic E-state index is 11.8. The van der Waals surface area contributed by atoms with Crippen LogP contribution in [0.25, 0.3) is 0 Å². The zero-order valence-corrected chi connectivity index (χ0v) is 14.1. The quantitative estimate of drug-likeness (QED) is 0.737. The van der Waals surface area contributed by atoms with E-state index in [9.17, 15) is 4.79 Å². The third-order valence-corrected chi connectivity index (χ3v) is 3.86. The highest BCUT2D eigenvalue weighted by Crippen LogP contribution is 2.26. The van der Waals surface area contributed by atoms with Gasteiger partial charge in [0.05, 0.1) is 36.0 Å². The van der Waals surface area contributed by atoms with Gasteiger partial charge in [-0.15, -0.1) is 0 Å². The van der Waals surface area contributed by atoms with E-state index in [1.165, 1.54) is 0 Å². The molecule has 0 saturated carbocycles. The lowest BCUT2D eigenvalue weighted by Crippen LogP contribution is -2.21. The molecular formula is C15H17Cl2N3O3. The third-order valence-electron chi connectivity index (χ3n) is 3.00. The summed E-state index contributed by atoms with van der Waals surface area (Å²) in [5.74, 6) is 0.293. The van der Waals surface area contributed by atoms with E-state index in [0.717, 1.165) is 5.56 Å². The summed E-state index contributed by atoms with van der Waals surface area (Å²) < 4.78 is 11.6. The van der Waals surface area contributed by atoms with Crippen molar-refractivity contribution >= 4 is 34.9 Å². The van der Waals surface area contributed by atoms with E-state index in [0.29, 0.717) is 35.6 Å². The van der Waals surface area contributed by atoms with E-state index in [1.54, 1.807) is 30.1 Å². The minimum atomic E-state index is -0.264. The van der Waals surface area contributed by atoms with Gasteiger partial charge in [0.15, 0.2) is 0 Å². The fourth-order valence-electron chi connectivity index (χ4n) is 1.88. The largest absolute Gasteiger partial charge is 0.382 e. The summed E-state index contributed by atoms with van der Waals surface area (Å²) in [7, 11) is 1.57. The summed E-state index contributed by atoms with van der Waals surface area (Å²) in [5.41, 5.74) is 0.815. The molecule has 23 heavy (non-hydrogen) atoms. The van der Waals surface area contributed by atoms with Gasteiger partial charge >= 0.3 is 0 Å². The van der Waals surface area contributed by atoms with Gasteiger partial charge in [-0.2, -0.15) is 5.10 Å². The molecule has 0 aliphatic rings. The number of amides is 1. The van der Waals surface area contributed by atoms with E-state index in [4.69, 9.17) is 32.7 Å². The van der Waals surface area contributed by atoms with Crippen molar-refractivity contribution in [2.45, 2.75) is 6.54 Å². The molecule has 0 aliphatic heterocycles. The lowest BCUT2D eigenvalue weighted by Gasteiger charge is -2.11. The van der Waals surface area contributed by atoms with Crippen LogP contribution in [0, 0.1) is 0 Å². The Balaban J connectivity index is 1.97. The number of benzene rings is 1. The molecule has 0 aliphatic carbocycles. The van der Waals surface area contributed by atoms with Crippen molar-refractivity contribution < 1.29 is 14.3 Å². The van der Waals surface area contributed by atoms with Crippen molar-refractivity contribution in [3.63, 3.8) is 0 Å². The molecule has 0 fully saturated rings. The molecule has 1 aromatic heterocycles. The van der Waals surface area contributed by atoms with Crippen molar-refractivity contribution in [1.82, 2.24) is 9.78 Å². The van der Waals surface area contributed by atoms with E-state index in [2.05, 4.69) is 10.4 Å². The molecule has 2 aromatic rings. The van der Waals surface area contributed by atoms with Crippen LogP contribution in [0.15, 0.2) is 30.5 Å². The Kier molecular flexibility index (Phi) is 6.85. The first-order valence-corrected chi connectivity index (χ1v) is 7.68. The second kappa shape index (κ2) is 8.88. The van der Waals surface area contributed by atoms with E-state index in [-0.39, 0.29) is 12.5 Å². The predicted octanol–water partition coefficient (Wildman–Crippen LogP) is 2.84. The molecule has 0 atom stereocenters. The number of methoxy groups -OCH3 is 1. The highest BCUT2D eigenvalue weighted by molar-refractivity contribution is 6.42. The molecule has 0 saturated heterocycles. The fourth-order valence-corrected chi connectivity index (χ4v) is 2.26. The monoisotopic (exact) mass is 357 g/mol. The predicted molar refractivity (Wildman–Crippen MR) is 89.1 cm³/mol. The van der Waals surface area contributed by atoms with Crippen LogP contribution in [0.4, 0.5) is 5.82 Å². The highest BCUT2D eigenvalue weighted by atomic mass is 35.5. The molecule has 1 aromatic carbocycles. The molecular weight excluding hydrogens is 341 g/mol. The van der Waals surface area contributed by atoms with Crippen molar-refractivity contribution in [3.05, 3.63) is 46.1 Å². The van der Waals surface area contributed by atoms with Gasteiger partial charge in [-0.1, -0.05) is 35.3 Å². The van der Waals surface area contributed by atoms with Crippen LogP contribution in [-0.2, 0) is 20.8 Å². The lowest BCUT2D eigenvalue weighted by atomic mass is 10.2. The summed E-state index contributed by atoms with van der Waals surface area (Å²) in [6.07, 6.45) is 1.60. The lowest BCUT2D eigenvalue weighted by molar-refractivity contribution is -0.121. The average Bonchev–Trinajstić information content (AvgIpc) is 2.95. The summed E-state index contributed by atoms with van der Waals surface area (Å²) in [5, 5.41) is 7.88. The Morgan fingerprint density at radius 2 is 2.13 bits per heavy atom. The first kappa shape index (κ1) is 17.7. The minimum Gasteiger partial charge on any atom is -0.382 e. The molecule has 0 unspecified atom stereocenters. The Hall–Kier alpha value is -1.60. The van der Waals surface area contributed by atoms with Gasteiger partial charge < -0.3 is 14.8 Å². The molecule has 2 rings (SSSR count). The number of carbonyl (C=O) groups excluding carboxylic acids is 1. The number of nitrogens with zero attached hydrogens (tertiary/aromatic N) is 2. The van der Waals surface area contributed by atoms with E-state index < -0.39 is 0 Å². The van der Waals surface area contributed by atoms with Crippen LogP contribution in [-0.4, -0.2) is 42.6 Å². The van der Waals surface area contributed by atoms with Crippen LogP contribution in [0.5, 0.6) is 0 Å². The molecule has 1 amide bonds. The number of rotatable bonds is 8. The second-order valence-corrected chi connectivity index (χ2v) is 5.47. The molecule has 0 bridgehead atoms. The molecule has 0 spiro atoms. The number of halogens is 2. The first-order chi connectivity index (χ1) is 11.1. The van der Waals surface area contributed by atoms with Crippen LogP contribution >= 0.6 is 23.2 Å². The van der Waals surface area contributed by atoms with Gasteiger partial charge in [0.25, 0.3) is 5.91 Å². The van der Waals surface area contributed by atoms with Gasteiger partial charge in [-0.3, -0.25) is 4.79 Å². The van der Waals surface area contributed by atoms with Gasteiger partial charge in [-0.05, 0) is 11.6 Å². The van der Waals surface area contributed by atoms with Crippen molar-refractivity contribution in [2.75, 3.05) is 32.2 Å². The average molecular weight is 358 g/mol. The first-order valence-electron chi connectivity index (χ1n) is 6.93. The number of carbonyl (C=O) groups is 1. The number of nitrogens with one attached hydrogen (secondary N) is 1. The van der Waals surface area contributed by atoms with Crippen LogP contribution in [0.2, 0.25) is 10.0 Å². The van der Waals surface area contributed by atoms with E-state index in [1.807, 2.05) is 12.1 Å². The van der Waals surface area contributed by atoms with Gasteiger partial charge in [0.2, 0.25) is 0 Å². The van der Waals surface area contributed by atoms with Gasteiger partial charge in [-0.25, -0.2) is 4.68 Å². The van der Waals surface area contributed by atoms with Gasteiger partial charge in [0, 0.05) is 13.2 Å². The third kappa shape index (κ3) is 5.21. The maximum Gasteiger partial charge on any atom is 0.251 e. The number of anilines is 1. The minimum absolute atomic E-state index is 0.0491. The molecule has 1 heterocycles. The summed E-state index contributed by atoms with van der Waals surface area (Å²) in [6.45, 7) is 1.15. The highest BCUT2D eigenvalue weighted by Gasteiger charge is 2.10. The Bertz CT molecular complexity index is 661. The van der Waals surface area contributed by atoms with Crippen molar-refractivity contribution in [2.24, 2.45) is 0 Å². The molecule has 8 heteroatoms. The van der Waals surface area contributed by atoms with Crippen molar-refractivity contribution in [1.29, 1.82) is 0 Å². The SMILES string of the molecule is COCCOCC(=O)Nc1ccnn1Cc1cccc(Cl)c1Cl. The number of aromatic nitrogens is 2. The van der Waals surface area contributed by atoms with E-state index >= 15 is 0 Å². The van der Waals surface area contributed by atoms with Crippen molar-refractivity contribution in [3.8, 4) is 0 Å². The second-order valence-electron chi connectivity index (χ2n) is 4.68. The zero-order valence-electron chi connectivity index (χ0n) is 12.6. The number of ether oxygens (including phenoxy) is 2. The Labute approximate surface area is 144 Å². The van der Waals surface area contributed by atoms with Crippen LogP contribution < -0.4 is 5.32 Å². The maximum atomic E-state index is 11.8. The molecule has 0 radical (unpaired) electrons. The number of hydrogen-bond donors (Lipinski definition) is 1. The summed E-state index contributed by atoms with van der Waals surface area (Å²) in [6, 6.07) is 7.09. The van der Waals surface area contributed by atoms with Gasteiger partial charge in [0.1, 0.15) is 12.4 Å². The van der Waals surface area contributed by atoms with Crippen LogP contribution in [0.1, 0.15) is 5.56 Å². The van der Waals surface area contributed by atoms with Crippen LogP contribution in [0.3, 0.4) is 0 Å². The summed E-state index contributed by atoms with van der Waals surface area (Å²) >= 11 is 12.2. The zero-order chi connectivity index (χ0) is 16.7.